The lowest BCUT2D eigenvalue weighted by molar-refractivity contribution is -0.111. The Morgan fingerprint density at radius 1 is 0.905 bits per heavy atom. The van der Waals surface area contributed by atoms with Crippen molar-refractivity contribution in [2.75, 3.05) is 0 Å². The first kappa shape index (κ1) is 14.1. The number of fused-ring (bicyclic) bond motifs is 2. The van der Waals surface area contributed by atoms with Gasteiger partial charge in [0.1, 0.15) is 5.76 Å². The average molecular weight is 284 g/mol. The van der Waals surface area contributed by atoms with Crippen LogP contribution in [0.5, 0.6) is 0 Å². The Balaban J connectivity index is 2.34. The number of Topliss-reactive ketones (excluding diaryl/α,β-unsaturated/α-hetero) is 1. The summed E-state index contributed by atoms with van der Waals surface area (Å²) >= 11 is 0. The first-order valence-electron chi connectivity index (χ1n) is 7.32. The molecule has 3 heteroatoms. The number of aliphatic hydroxyl groups excluding tert-OH is 1. The van der Waals surface area contributed by atoms with Gasteiger partial charge in [-0.15, -0.1) is 0 Å². The van der Waals surface area contributed by atoms with Crippen molar-refractivity contribution in [1.29, 1.82) is 0 Å². The van der Waals surface area contributed by atoms with Gasteiger partial charge in [0.15, 0.2) is 0 Å². The van der Waals surface area contributed by atoms with Gasteiger partial charge >= 0.3 is 0 Å². The van der Waals surface area contributed by atoms with Crippen LogP contribution >= 0.6 is 0 Å². The third kappa shape index (κ3) is 1.95. The maximum Gasteiger partial charge on any atom is 0.233 e. The summed E-state index contributed by atoms with van der Waals surface area (Å²) in [6.07, 6.45) is 3.12. The second-order valence-corrected chi connectivity index (χ2v) is 7.43. The molecule has 0 aromatic heterocycles. The molecule has 3 nitrogen and oxygen atoms in total. The summed E-state index contributed by atoms with van der Waals surface area (Å²) in [6.45, 7) is 8.70. The molecule has 1 N–H and O–H groups in total. The predicted molar refractivity (Wildman–Crippen MR) is 81.7 cm³/mol. The Morgan fingerprint density at radius 2 is 1.38 bits per heavy atom. The van der Waals surface area contributed by atoms with E-state index in [9.17, 15) is 14.7 Å². The van der Waals surface area contributed by atoms with Gasteiger partial charge < -0.3 is 5.11 Å². The molecule has 0 amide bonds. The van der Waals surface area contributed by atoms with E-state index in [4.69, 9.17) is 0 Å². The van der Waals surface area contributed by atoms with Gasteiger partial charge in [0.05, 0.1) is 0 Å². The van der Waals surface area contributed by atoms with Crippen LogP contribution in [0.25, 0.3) is 5.76 Å². The van der Waals surface area contributed by atoms with Crippen LogP contribution in [-0.2, 0) is 15.6 Å². The number of hydrogen-bond acceptors (Lipinski definition) is 3. The largest absolute Gasteiger partial charge is 0.507 e. The molecule has 2 aliphatic rings. The minimum absolute atomic E-state index is 0.00463. The highest BCUT2D eigenvalue weighted by molar-refractivity contribution is 6.50. The Bertz CT molecular complexity index is 705. The zero-order valence-corrected chi connectivity index (χ0v) is 12.9. The maximum absolute atomic E-state index is 12.1. The van der Waals surface area contributed by atoms with Crippen LogP contribution in [0.2, 0.25) is 0 Å². The fraction of sp³-hybridized carbons (Fsp3) is 0.444. The molecule has 0 saturated heterocycles. The fourth-order valence-electron chi connectivity index (χ4n) is 3.41. The molecule has 1 aromatic rings. The molecule has 0 aliphatic heterocycles. The van der Waals surface area contributed by atoms with Crippen molar-refractivity contribution in [3.63, 3.8) is 0 Å². The lowest BCUT2D eigenvalue weighted by atomic mass is 9.62. The summed E-state index contributed by atoms with van der Waals surface area (Å²) in [5.74, 6) is -1.27. The van der Waals surface area contributed by atoms with E-state index in [0.29, 0.717) is 11.1 Å². The van der Waals surface area contributed by atoms with Crippen LogP contribution in [0.3, 0.4) is 0 Å². The molecule has 0 unspecified atom stereocenters. The van der Waals surface area contributed by atoms with Crippen LogP contribution in [0.1, 0.15) is 67.6 Å². The molecule has 0 atom stereocenters. The van der Waals surface area contributed by atoms with Crippen molar-refractivity contribution in [1.82, 2.24) is 0 Å². The summed E-state index contributed by atoms with van der Waals surface area (Å²) in [5.41, 5.74) is 3.09. The molecule has 0 saturated carbocycles. The van der Waals surface area contributed by atoms with Crippen LogP contribution in [-0.4, -0.2) is 16.7 Å². The molecule has 2 aliphatic carbocycles. The smallest absolute Gasteiger partial charge is 0.233 e. The SMILES string of the molecule is CC1(C)CCC(C)(C)c2cc3c(cc21)C(=O)C(=O)C=C3O. The zero-order chi connectivity index (χ0) is 15.6. The Labute approximate surface area is 124 Å². The van der Waals surface area contributed by atoms with Crippen molar-refractivity contribution >= 4 is 17.3 Å². The molecule has 110 valence electrons. The van der Waals surface area contributed by atoms with Crippen molar-refractivity contribution in [2.24, 2.45) is 0 Å². The quantitative estimate of drug-likeness (QED) is 0.739. The lowest BCUT2D eigenvalue weighted by Gasteiger charge is -2.42. The average Bonchev–Trinajstić information content (AvgIpc) is 2.40. The second-order valence-electron chi connectivity index (χ2n) is 7.43. The first-order chi connectivity index (χ1) is 9.63. The van der Waals surface area contributed by atoms with Gasteiger partial charge in [-0.05, 0) is 46.9 Å². The van der Waals surface area contributed by atoms with E-state index in [1.54, 1.807) is 0 Å². The van der Waals surface area contributed by atoms with Crippen LogP contribution in [0.4, 0.5) is 0 Å². The summed E-state index contributed by atoms with van der Waals surface area (Å²) in [7, 11) is 0. The highest BCUT2D eigenvalue weighted by Crippen LogP contribution is 2.47. The number of carbonyl (C=O) groups is 2. The van der Waals surface area contributed by atoms with E-state index in [1.165, 1.54) is 5.56 Å². The van der Waals surface area contributed by atoms with Gasteiger partial charge in [0.2, 0.25) is 11.6 Å². The first-order valence-corrected chi connectivity index (χ1v) is 7.32. The van der Waals surface area contributed by atoms with Gasteiger partial charge in [0.25, 0.3) is 0 Å². The highest BCUT2D eigenvalue weighted by atomic mass is 16.3. The fourth-order valence-corrected chi connectivity index (χ4v) is 3.41. The molecule has 0 fully saturated rings. The minimum Gasteiger partial charge on any atom is -0.507 e. The molecule has 1 aromatic carbocycles. The number of rotatable bonds is 0. The van der Waals surface area contributed by atoms with Crippen molar-refractivity contribution in [3.05, 3.63) is 40.5 Å². The molecule has 0 spiro atoms. The van der Waals surface area contributed by atoms with Gasteiger partial charge in [-0.3, -0.25) is 9.59 Å². The maximum atomic E-state index is 12.1. The molecule has 0 bridgehead atoms. The third-order valence-corrected chi connectivity index (χ3v) is 5.00. The third-order valence-electron chi connectivity index (χ3n) is 5.00. The van der Waals surface area contributed by atoms with E-state index in [1.807, 2.05) is 12.1 Å². The van der Waals surface area contributed by atoms with Crippen LogP contribution < -0.4 is 0 Å². The normalized spacial score (nSPS) is 22.4. The lowest BCUT2D eigenvalue weighted by Crippen LogP contribution is -2.35. The summed E-state index contributed by atoms with van der Waals surface area (Å²) in [5, 5.41) is 10.0. The second kappa shape index (κ2) is 4.06. The van der Waals surface area contributed by atoms with E-state index in [-0.39, 0.29) is 16.6 Å². The predicted octanol–water partition coefficient (Wildman–Crippen LogP) is 3.70. The summed E-state index contributed by atoms with van der Waals surface area (Å²) < 4.78 is 0. The van der Waals surface area contributed by atoms with E-state index in [2.05, 4.69) is 27.7 Å². The number of allylic oxidation sites excluding steroid dienone is 1. The highest BCUT2D eigenvalue weighted by Gasteiger charge is 2.39. The van der Waals surface area contributed by atoms with Gasteiger partial charge in [-0.2, -0.15) is 0 Å². The van der Waals surface area contributed by atoms with Crippen molar-refractivity contribution in [3.8, 4) is 0 Å². The Morgan fingerprint density at radius 3 is 1.90 bits per heavy atom. The van der Waals surface area contributed by atoms with E-state index < -0.39 is 11.6 Å². The zero-order valence-electron chi connectivity index (χ0n) is 12.9. The van der Waals surface area contributed by atoms with E-state index in [0.717, 1.165) is 24.5 Å². The standard InChI is InChI=1S/C18H20O3/c1-17(2)5-6-18(3,4)13-8-11-10(7-12(13)17)14(19)9-15(20)16(11)21/h7-9,19H,5-6H2,1-4H3. The Hall–Kier alpha value is -1.90. The topological polar surface area (TPSA) is 54.4 Å². The molecule has 3 rings (SSSR count). The number of ketones is 2. The molecular formula is C18H20O3. The van der Waals surface area contributed by atoms with Crippen molar-refractivity contribution < 1.29 is 14.7 Å². The summed E-state index contributed by atoms with van der Waals surface area (Å²) in [6, 6.07) is 3.73. The molecule has 0 radical (unpaired) electrons. The Kier molecular flexibility index (Phi) is 2.72. The van der Waals surface area contributed by atoms with Gasteiger partial charge in [-0.1, -0.05) is 27.7 Å². The number of aliphatic hydroxyl groups is 1. The van der Waals surface area contributed by atoms with Gasteiger partial charge in [0, 0.05) is 17.2 Å². The summed E-state index contributed by atoms with van der Waals surface area (Å²) in [4.78, 5) is 23.8. The monoisotopic (exact) mass is 284 g/mol. The number of hydrogen-bond donors (Lipinski definition) is 1. The molecule has 21 heavy (non-hydrogen) atoms. The number of benzene rings is 1. The molecule has 0 heterocycles. The number of carbonyl (C=O) groups excluding carboxylic acids is 2. The minimum atomic E-state index is -0.646. The van der Waals surface area contributed by atoms with Crippen molar-refractivity contribution in [2.45, 2.75) is 51.4 Å². The molecular weight excluding hydrogens is 264 g/mol. The van der Waals surface area contributed by atoms with Crippen LogP contribution in [0.15, 0.2) is 18.2 Å². The van der Waals surface area contributed by atoms with E-state index >= 15 is 0 Å². The van der Waals surface area contributed by atoms with Gasteiger partial charge in [-0.25, -0.2) is 0 Å². The van der Waals surface area contributed by atoms with Crippen LogP contribution in [0, 0.1) is 0 Å².